The van der Waals surface area contributed by atoms with Gasteiger partial charge in [0.25, 0.3) is 5.56 Å². The number of rotatable bonds is 5. The number of carbonyl (C=O) groups excluding carboxylic acids is 1. The fourth-order valence-electron chi connectivity index (χ4n) is 2.86. The van der Waals surface area contributed by atoms with Crippen molar-refractivity contribution in [1.82, 2.24) is 9.36 Å². The van der Waals surface area contributed by atoms with Gasteiger partial charge in [-0.05, 0) is 36.8 Å². The molecule has 134 valence electrons. The van der Waals surface area contributed by atoms with E-state index in [0.717, 1.165) is 11.3 Å². The highest BCUT2D eigenvalue weighted by atomic mass is 16.5. The van der Waals surface area contributed by atoms with Crippen LogP contribution in [0.15, 0.2) is 59.4 Å². The van der Waals surface area contributed by atoms with E-state index in [4.69, 9.17) is 4.74 Å². The van der Waals surface area contributed by atoms with Gasteiger partial charge in [0.05, 0.1) is 24.9 Å². The zero-order chi connectivity index (χ0) is 18.7. The van der Waals surface area contributed by atoms with Crippen LogP contribution in [0.25, 0.3) is 5.69 Å². The lowest BCUT2D eigenvalue weighted by Gasteiger charge is -2.07. The van der Waals surface area contributed by atoms with E-state index in [1.54, 1.807) is 24.9 Å². The van der Waals surface area contributed by atoms with Gasteiger partial charge in [0.1, 0.15) is 11.4 Å². The van der Waals surface area contributed by atoms with Crippen LogP contribution in [0.5, 0.6) is 5.75 Å². The van der Waals surface area contributed by atoms with Gasteiger partial charge in [0.15, 0.2) is 0 Å². The van der Waals surface area contributed by atoms with Crippen LogP contribution in [-0.4, -0.2) is 22.4 Å². The van der Waals surface area contributed by atoms with E-state index in [9.17, 15) is 9.59 Å². The number of ether oxygens (including phenoxy) is 1. The summed E-state index contributed by atoms with van der Waals surface area (Å²) in [5.74, 6) is 0.446. The van der Waals surface area contributed by atoms with E-state index < -0.39 is 0 Å². The largest absolute Gasteiger partial charge is 0.497 e. The summed E-state index contributed by atoms with van der Waals surface area (Å²) in [7, 11) is 3.38. The van der Waals surface area contributed by atoms with E-state index in [1.165, 1.54) is 4.68 Å². The SMILES string of the molecule is COc1cccc(CC(=O)Nc2c(C)n(C)n(-c3ccccc3)c2=O)c1. The third kappa shape index (κ3) is 3.39. The Kier molecular flexibility index (Phi) is 4.93. The summed E-state index contributed by atoms with van der Waals surface area (Å²) in [5.41, 5.74) is 2.30. The molecule has 6 heteroatoms. The average molecular weight is 351 g/mol. The first-order chi connectivity index (χ1) is 12.5. The zero-order valence-corrected chi connectivity index (χ0v) is 15.0. The maximum Gasteiger partial charge on any atom is 0.295 e. The van der Waals surface area contributed by atoms with Crippen molar-refractivity contribution in [2.75, 3.05) is 12.4 Å². The first-order valence-electron chi connectivity index (χ1n) is 8.28. The van der Waals surface area contributed by atoms with Crippen LogP contribution in [0.4, 0.5) is 5.69 Å². The zero-order valence-electron chi connectivity index (χ0n) is 15.0. The number of hydrogen-bond acceptors (Lipinski definition) is 3. The molecule has 0 aliphatic rings. The molecule has 3 aromatic rings. The molecule has 1 amide bonds. The number of amides is 1. The van der Waals surface area contributed by atoms with Gasteiger partial charge in [-0.1, -0.05) is 30.3 Å². The maximum atomic E-state index is 12.8. The molecule has 3 rings (SSSR count). The van der Waals surface area contributed by atoms with Gasteiger partial charge in [0.2, 0.25) is 5.91 Å². The number of hydrogen-bond donors (Lipinski definition) is 1. The summed E-state index contributed by atoms with van der Waals surface area (Å²) in [6.07, 6.45) is 0.163. The van der Waals surface area contributed by atoms with Crippen LogP contribution >= 0.6 is 0 Å². The Hall–Kier alpha value is -3.28. The molecular weight excluding hydrogens is 330 g/mol. The van der Waals surface area contributed by atoms with Crippen LogP contribution in [0.3, 0.4) is 0 Å². The lowest BCUT2D eigenvalue weighted by atomic mass is 10.1. The molecule has 0 saturated heterocycles. The summed E-state index contributed by atoms with van der Waals surface area (Å²) >= 11 is 0. The highest BCUT2D eigenvalue weighted by Crippen LogP contribution is 2.16. The number of carbonyl (C=O) groups is 1. The van der Waals surface area contributed by atoms with Crippen molar-refractivity contribution in [2.45, 2.75) is 13.3 Å². The van der Waals surface area contributed by atoms with Crippen molar-refractivity contribution in [3.63, 3.8) is 0 Å². The third-order valence-electron chi connectivity index (χ3n) is 4.32. The van der Waals surface area contributed by atoms with E-state index in [0.29, 0.717) is 17.1 Å². The standard InChI is InChI=1S/C20H21N3O3/c1-14-19(20(25)23(22(14)2)16-9-5-4-6-10-16)21-18(24)13-15-8-7-11-17(12-15)26-3/h4-12H,13H2,1-3H3,(H,21,24). The second kappa shape index (κ2) is 7.31. The highest BCUT2D eigenvalue weighted by Gasteiger charge is 2.18. The average Bonchev–Trinajstić information content (AvgIpc) is 2.86. The van der Waals surface area contributed by atoms with Gasteiger partial charge in [-0.2, -0.15) is 0 Å². The minimum atomic E-state index is -0.254. The monoisotopic (exact) mass is 351 g/mol. The van der Waals surface area contributed by atoms with Crippen LogP contribution in [0.1, 0.15) is 11.3 Å². The summed E-state index contributed by atoms with van der Waals surface area (Å²) in [6.45, 7) is 1.81. The Labute approximate surface area is 151 Å². The number of nitrogens with zero attached hydrogens (tertiary/aromatic N) is 2. The van der Waals surface area contributed by atoms with Gasteiger partial charge in [0, 0.05) is 7.05 Å². The van der Waals surface area contributed by atoms with E-state index in [2.05, 4.69) is 5.32 Å². The first-order valence-corrected chi connectivity index (χ1v) is 8.28. The lowest BCUT2D eigenvalue weighted by molar-refractivity contribution is -0.115. The molecule has 0 atom stereocenters. The molecule has 0 fully saturated rings. The molecule has 1 aromatic heterocycles. The molecule has 0 saturated carbocycles. The molecule has 2 aromatic carbocycles. The number of aromatic nitrogens is 2. The number of methoxy groups -OCH3 is 1. The summed E-state index contributed by atoms with van der Waals surface area (Å²) in [5, 5.41) is 2.76. The molecule has 26 heavy (non-hydrogen) atoms. The molecule has 0 unspecified atom stereocenters. The normalized spacial score (nSPS) is 10.6. The van der Waals surface area contributed by atoms with Crippen LogP contribution in [0.2, 0.25) is 0 Å². The van der Waals surface area contributed by atoms with Crippen molar-refractivity contribution in [1.29, 1.82) is 0 Å². The van der Waals surface area contributed by atoms with E-state index >= 15 is 0 Å². The van der Waals surface area contributed by atoms with Gasteiger partial charge >= 0.3 is 0 Å². The minimum absolute atomic E-state index is 0.163. The second-order valence-corrected chi connectivity index (χ2v) is 6.01. The predicted octanol–water partition coefficient (Wildman–Crippen LogP) is 2.67. The topological polar surface area (TPSA) is 65.3 Å². The lowest BCUT2D eigenvalue weighted by Crippen LogP contribution is -2.23. The Balaban J connectivity index is 1.86. The molecule has 0 bridgehead atoms. The third-order valence-corrected chi connectivity index (χ3v) is 4.32. The van der Waals surface area contributed by atoms with Gasteiger partial charge in [-0.3, -0.25) is 14.3 Å². The Morgan fingerprint density at radius 2 is 1.85 bits per heavy atom. The van der Waals surface area contributed by atoms with Crippen molar-refractivity contribution >= 4 is 11.6 Å². The van der Waals surface area contributed by atoms with Crippen LogP contribution < -0.4 is 15.6 Å². The first kappa shape index (κ1) is 17.5. The van der Waals surface area contributed by atoms with Crippen molar-refractivity contribution < 1.29 is 9.53 Å². The van der Waals surface area contributed by atoms with Crippen molar-refractivity contribution in [3.8, 4) is 11.4 Å². The summed E-state index contributed by atoms with van der Waals surface area (Å²) in [6, 6.07) is 16.6. The fourth-order valence-corrected chi connectivity index (χ4v) is 2.86. The molecule has 0 aliphatic heterocycles. The predicted molar refractivity (Wildman–Crippen MR) is 101 cm³/mol. The number of anilines is 1. The van der Waals surface area contributed by atoms with Crippen molar-refractivity contribution in [3.05, 3.63) is 76.2 Å². The van der Waals surface area contributed by atoms with Gasteiger partial charge < -0.3 is 10.1 Å². The van der Waals surface area contributed by atoms with E-state index in [1.807, 2.05) is 55.5 Å². The second-order valence-electron chi connectivity index (χ2n) is 6.01. The number of para-hydroxylation sites is 1. The van der Waals surface area contributed by atoms with Gasteiger partial charge in [-0.15, -0.1) is 0 Å². The molecule has 0 aliphatic carbocycles. The molecular formula is C20H21N3O3. The van der Waals surface area contributed by atoms with E-state index in [-0.39, 0.29) is 17.9 Å². The molecule has 0 radical (unpaired) electrons. The number of nitrogens with one attached hydrogen (secondary N) is 1. The van der Waals surface area contributed by atoms with Crippen LogP contribution in [-0.2, 0) is 18.3 Å². The van der Waals surface area contributed by atoms with Crippen molar-refractivity contribution in [2.24, 2.45) is 7.05 Å². The molecule has 6 nitrogen and oxygen atoms in total. The summed E-state index contributed by atoms with van der Waals surface area (Å²) in [4.78, 5) is 25.2. The molecule has 1 N–H and O–H groups in total. The maximum absolute atomic E-state index is 12.8. The smallest absolute Gasteiger partial charge is 0.295 e. The van der Waals surface area contributed by atoms with Gasteiger partial charge in [-0.25, -0.2) is 4.68 Å². The fraction of sp³-hybridized carbons (Fsp3) is 0.200. The Bertz CT molecular complexity index is 987. The highest BCUT2D eigenvalue weighted by molar-refractivity contribution is 5.92. The molecule has 1 heterocycles. The quantitative estimate of drug-likeness (QED) is 0.769. The Morgan fingerprint density at radius 3 is 2.54 bits per heavy atom. The minimum Gasteiger partial charge on any atom is -0.497 e. The van der Waals surface area contributed by atoms with Crippen LogP contribution in [0, 0.1) is 6.92 Å². The number of benzene rings is 2. The summed E-state index contributed by atoms with van der Waals surface area (Å²) < 4.78 is 8.45. The Morgan fingerprint density at radius 1 is 1.12 bits per heavy atom. The molecule has 0 spiro atoms.